The Kier molecular flexibility index (Phi) is 4.81. The zero-order valence-electron chi connectivity index (χ0n) is 13.7. The van der Waals surface area contributed by atoms with Crippen molar-refractivity contribution in [1.82, 2.24) is 20.4 Å². The molecule has 0 aliphatic carbocycles. The van der Waals surface area contributed by atoms with Gasteiger partial charge in [0, 0.05) is 18.2 Å². The average molecular weight is 316 g/mol. The van der Waals surface area contributed by atoms with Crippen LogP contribution in [0.25, 0.3) is 0 Å². The van der Waals surface area contributed by atoms with Crippen LogP contribution in [0.15, 0.2) is 28.9 Å². The number of nitrogens with zero attached hydrogens (tertiary/aromatic N) is 2. The molecule has 0 saturated carbocycles. The highest BCUT2D eigenvalue weighted by Crippen LogP contribution is 2.25. The lowest BCUT2D eigenvalue weighted by Gasteiger charge is -2.31. The molecule has 6 heteroatoms. The van der Waals surface area contributed by atoms with E-state index in [0.717, 1.165) is 43.1 Å². The van der Waals surface area contributed by atoms with E-state index in [4.69, 9.17) is 4.42 Å². The fourth-order valence-corrected chi connectivity index (χ4v) is 3.19. The summed E-state index contributed by atoms with van der Waals surface area (Å²) >= 11 is 0. The lowest BCUT2D eigenvalue weighted by molar-refractivity contribution is -0.123. The topological polar surface area (TPSA) is 74.2 Å². The molecular formula is C17H24N4O2. The number of likely N-dealkylation sites (tertiary alicyclic amines) is 1. The zero-order valence-corrected chi connectivity index (χ0v) is 13.7. The van der Waals surface area contributed by atoms with Crippen molar-refractivity contribution < 1.29 is 9.21 Å². The van der Waals surface area contributed by atoms with Gasteiger partial charge in [-0.2, -0.15) is 5.10 Å². The Labute approximate surface area is 136 Å². The molecule has 3 rings (SSSR count). The van der Waals surface area contributed by atoms with Gasteiger partial charge in [0.25, 0.3) is 0 Å². The predicted octanol–water partition coefficient (Wildman–Crippen LogP) is 2.37. The Morgan fingerprint density at radius 3 is 3.17 bits per heavy atom. The van der Waals surface area contributed by atoms with Crippen molar-refractivity contribution in [3.05, 3.63) is 41.6 Å². The molecule has 0 spiro atoms. The minimum atomic E-state index is -0.105. The summed E-state index contributed by atoms with van der Waals surface area (Å²) in [6.07, 6.45) is 3.85. The smallest absolute Gasteiger partial charge is 0.234 e. The predicted molar refractivity (Wildman–Crippen MR) is 87.0 cm³/mol. The van der Waals surface area contributed by atoms with Crippen molar-refractivity contribution >= 4 is 5.91 Å². The summed E-state index contributed by atoms with van der Waals surface area (Å²) < 4.78 is 5.32. The molecule has 6 nitrogen and oxygen atoms in total. The van der Waals surface area contributed by atoms with Crippen molar-refractivity contribution in [1.29, 1.82) is 0 Å². The third-order valence-electron chi connectivity index (χ3n) is 4.36. The second kappa shape index (κ2) is 7.00. The molecule has 0 unspecified atom stereocenters. The maximum Gasteiger partial charge on any atom is 0.234 e. The van der Waals surface area contributed by atoms with E-state index in [2.05, 4.69) is 26.5 Å². The monoisotopic (exact) mass is 316 g/mol. The molecule has 0 radical (unpaired) electrons. The number of aryl methyl sites for hydroxylation is 1. The number of carbonyl (C=O) groups excluding carboxylic acids is 1. The van der Waals surface area contributed by atoms with Crippen molar-refractivity contribution in [2.45, 2.75) is 38.6 Å². The number of nitrogens with one attached hydrogen (secondary N) is 2. The van der Waals surface area contributed by atoms with Gasteiger partial charge in [-0.15, -0.1) is 0 Å². The van der Waals surface area contributed by atoms with Crippen molar-refractivity contribution in [2.24, 2.45) is 0 Å². The minimum absolute atomic E-state index is 0.0350. The summed E-state index contributed by atoms with van der Waals surface area (Å²) in [4.78, 5) is 14.5. The molecule has 1 saturated heterocycles. The number of hydrogen-bond donors (Lipinski definition) is 2. The second-order valence-corrected chi connectivity index (χ2v) is 6.35. The molecule has 0 aromatic carbocycles. The van der Waals surface area contributed by atoms with Crippen LogP contribution >= 0.6 is 0 Å². The van der Waals surface area contributed by atoms with Gasteiger partial charge in [0.15, 0.2) is 0 Å². The first-order valence-electron chi connectivity index (χ1n) is 8.19. The quantitative estimate of drug-likeness (QED) is 0.888. The zero-order chi connectivity index (χ0) is 16.2. The second-order valence-electron chi connectivity index (χ2n) is 6.35. The maximum atomic E-state index is 12.2. The lowest BCUT2D eigenvalue weighted by Crippen LogP contribution is -2.42. The summed E-state index contributed by atoms with van der Waals surface area (Å²) in [5, 5.41) is 10.4. The Hall–Kier alpha value is -2.08. The Bertz CT molecular complexity index is 635. The number of piperidine rings is 1. The number of aromatic amines is 1. The first kappa shape index (κ1) is 15.8. The van der Waals surface area contributed by atoms with E-state index in [9.17, 15) is 4.79 Å². The molecule has 3 heterocycles. The Balaban J connectivity index is 1.52. The standard InChI is InChI=1S/C17H24N4O2/c1-12-9-15(20-19-12)14-5-3-7-21(10-14)11-17(22)18-13(2)16-6-4-8-23-16/h4,6,8-9,13-14H,3,5,7,10-11H2,1-2H3,(H,18,22)(H,19,20)/t13-,14+/m1/s1. The van der Waals surface area contributed by atoms with Gasteiger partial charge in [0.2, 0.25) is 5.91 Å². The number of carbonyl (C=O) groups is 1. The van der Waals surface area contributed by atoms with Crippen LogP contribution in [0.2, 0.25) is 0 Å². The molecule has 2 aromatic heterocycles. The highest BCUT2D eigenvalue weighted by atomic mass is 16.3. The van der Waals surface area contributed by atoms with Crippen LogP contribution in [0.4, 0.5) is 0 Å². The number of hydrogen-bond acceptors (Lipinski definition) is 4. The van der Waals surface area contributed by atoms with Crippen LogP contribution in [0.1, 0.15) is 48.9 Å². The summed E-state index contributed by atoms with van der Waals surface area (Å²) in [5.74, 6) is 1.22. The number of aromatic nitrogens is 2. The van der Waals surface area contributed by atoms with Crippen molar-refractivity contribution in [2.75, 3.05) is 19.6 Å². The molecule has 1 fully saturated rings. The van der Waals surface area contributed by atoms with Gasteiger partial charge in [-0.25, -0.2) is 0 Å². The Morgan fingerprint density at radius 2 is 2.48 bits per heavy atom. The van der Waals surface area contributed by atoms with Crippen molar-refractivity contribution in [3.63, 3.8) is 0 Å². The fourth-order valence-electron chi connectivity index (χ4n) is 3.19. The van der Waals surface area contributed by atoms with Crippen LogP contribution < -0.4 is 5.32 Å². The number of rotatable bonds is 5. The molecule has 1 aliphatic rings. The summed E-state index contributed by atoms with van der Waals surface area (Å²) in [7, 11) is 0. The molecule has 2 atom stereocenters. The maximum absolute atomic E-state index is 12.2. The highest BCUT2D eigenvalue weighted by molar-refractivity contribution is 5.78. The first-order valence-corrected chi connectivity index (χ1v) is 8.19. The third-order valence-corrected chi connectivity index (χ3v) is 4.36. The molecule has 1 amide bonds. The van der Waals surface area contributed by atoms with Crippen LogP contribution in [0.3, 0.4) is 0 Å². The summed E-state index contributed by atoms with van der Waals surface area (Å²) in [5.41, 5.74) is 2.19. The molecule has 23 heavy (non-hydrogen) atoms. The normalized spacial score (nSPS) is 20.3. The van der Waals surface area contributed by atoms with Gasteiger partial charge < -0.3 is 9.73 Å². The van der Waals surface area contributed by atoms with Crippen LogP contribution in [-0.2, 0) is 4.79 Å². The van der Waals surface area contributed by atoms with E-state index in [1.165, 1.54) is 0 Å². The van der Waals surface area contributed by atoms with Gasteiger partial charge in [-0.05, 0) is 51.4 Å². The van der Waals surface area contributed by atoms with Gasteiger partial charge >= 0.3 is 0 Å². The summed E-state index contributed by atoms with van der Waals surface area (Å²) in [6, 6.07) is 5.71. The van der Waals surface area contributed by atoms with E-state index >= 15 is 0 Å². The highest BCUT2D eigenvalue weighted by Gasteiger charge is 2.25. The van der Waals surface area contributed by atoms with E-state index in [1.54, 1.807) is 6.26 Å². The van der Waals surface area contributed by atoms with Gasteiger partial charge in [0.05, 0.1) is 24.5 Å². The van der Waals surface area contributed by atoms with Gasteiger partial charge in [-0.3, -0.25) is 14.8 Å². The molecule has 0 bridgehead atoms. The number of furan rings is 1. The Morgan fingerprint density at radius 1 is 1.61 bits per heavy atom. The van der Waals surface area contributed by atoms with E-state index in [-0.39, 0.29) is 11.9 Å². The SMILES string of the molecule is Cc1cc([C@H]2CCCN(CC(=O)N[C@H](C)c3ccco3)C2)n[nH]1. The van der Waals surface area contributed by atoms with E-state index in [1.807, 2.05) is 26.0 Å². The van der Waals surface area contributed by atoms with Gasteiger partial charge in [0.1, 0.15) is 5.76 Å². The average Bonchev–Trinajstić information content (AvgIpc) is 3.18. The molecule has 1 aliphatic heterocycles. The number of amides is 1. The molecule has 124 valence electrons. The minimum Gasteiger partial charge on any atom is -0.467 e. The third kappa shape index (κ3) is 4.01. The van der Waals surface area contributed by atoms with Crippen LogP contribution in [-0.4, -0.2) is 40.6 Å². The van der Waals surface area contributed by atoms with Gasteiger partial charge in [-0.1, -0.05) is 0 Å². The fraction of sp³-hybridized carbons (Fsp3) is 0.529. The number of H-pyrrole nitrogens is 1. The van der Waals surface area contributed by atoms with Crippen molar-refractivity contribution in [3.8, 4) is 0 Å². The van der Waals surface area contributed by atoms with Crippen LogP contribution in [0.5, 0.6) is 0 Å². The first-order chi connectivity index (χ1) is 11.1. The van der Waals surface area contributed by atoms with E-state index < -0.39 is 0 Å². The van der Waals surface area contributed by atoms with Crippen LogP contribution in [0, 0.1) is 6.92 Å². The molecule has 2 N–H and O–H groups in total. The lowest BCUT2D eigenvalue weighted by atomic mass is 9.94. The summed E-state index contributed by atoms with van der Waals surface area (Å²) in [6.45, 7) is 6.21. The van der Waals surface area contributed by atoms with E-state index in [0.29, 0.717) is 12.5 Å². The largest absolute Gasteiger partial charge is 0.467 e. The molecule has 2 aromatic rings. The molecular weight excluding hydrogens is 292 g/mol.